The summed E-state index contributed by atoms with van der Waals surface area (Å²) in [6.45, 7) is 6.97. The quantitative estimate of drug-likeness (QED) is 0.732. The van der Waals surface area contributed by atoms with Crippen molar-refractivity contribution in [3.63, 3.8) is 0 Å². The van der Waals surface area contributed by atoms with Crippen LogP contribution < -0.4 is 9.47 Å². The van der Waals surface area contributed by atoms with Gasteiger partial charge in [0.25, 0.3) is 0 Å². The van der Waals surface area contributed by atoms with Crippen LogP contribution in [0.15, 0.2) is 18.2 Å². The van der Waals surface area contributed by atoms with Crippen molar-refractivity contribution < 1.29 is 9.47 Å². The topological polar surface area (TPSA) is 45.5 Å². The summed E-state index contributed by atoms with van der Waals surface area (Å²) in [5.41, 5.74) is 1.17. The van der Waals surface area contributed by atoms with Gasteiger partial charge in [-0.05, 0) is 23.6 Å². The fourth-order valence-electron chi connectivity index (χ4n) is 2.20. The molecule has 0 fully saturated rings. The summed E-state index contributed by atoms with van der Waals surface area (Å²) >= 11 is 0. The zero-order valence-electron chi connectivity index (χ0n) is 12.8. The highest BCUT2D eigenvalue weighted by molar-refractivity contribution is 5.42. The maximum absolute atomic E-state index is 8.75. The molecule has 1 aromatic carbocycles. The van der Waals surface area contributed by atoms with Crippen LogP contribution in [0.25, 0.3) is 0 Å². The Kier molecular flexibility index (Phi) is 6.89. The molecule has 0 atom stereocenters. The number of nitrogens with zero attached hydrogens (tertiary/aromatic N) is 2. The average molecular weight is 276 g/mol. The first-order valence-corrected chi connectivity index (χ1v) is 6.91. The van der Waals surface area contributed by atoms with Gasteiger partial charge in [0.2, 0.25) is 0 Å². The number of hydrogen-bond donors (Lipinski definition) is 0. The highest BCUT2D eigenvalue weighted by Gasteiger charge is 2.10. The Bertz CT molecular complexity index is 452. The number of nitriles is 1. The largest absolute Gasteiger partial charge is 0.493 e. The van der Waals surface area contributed by atoms with E-state index in [9.17, 15) is 0 Å². The van der Waals surface area contributed by atoms with Gasteiger partial charge in [-0.1, -0.05) is 19.9 Å². The Morgan fingerprint density at radius 2 is 1.90 bits per heavy atom. The van der Waals surface area contributed by atoms with E-state index in [1.165, 1.54) is 5.56 Å². The first-order valence-electron chi connectivity index (χ1n) is 6.91. The second-order valence-corrected chi connectivity index (χ2v) is 5.23. The molecule has 1 aromatic rings. The van der Waals surface area contributed by atoms with Crippen molar-refractivity contribution in [1.82, 2.24) is 4.90 Å². The van der Waals surface area contributed by atoms with E-state index in [1.807, 2.05) is 18.2 Å². The molecule has 1 rings (SSSR count). The van der Waals surface area contributed by atoms with E-state index >= 15 is 0 Å². The fourth-order valence-corrected chi connectivity index (χ4v) is 2.20. The fraction of sp³-hybridized carbons (Fsp3) is 0.562. The van der Waals surface area contributed by atoms with E-state index < -0.39 is 0 Å². The summed E-state index contributed by atoms with van der Waals surface area (Å²) in [7, 11) is 3.28. The number of methoxy groups -OCH3 is 2. The molecule has 0 amide bonds. The van der Waals surface area contributed by atoms with E-state index in [0.717, 1.165) is 31.1 Å². The van der Waals surface area contributed by atoms with E-state index in [1.54, 1.807) is 14.2 Å². The molecule has 0 bridgehead atoms. The van der Waals surface area contributed by atoms with E-state index in [4.69, 9.17) is 14.7 Å². The van der Waals surface area contributed by atoms with Crippen molar-refractivity contribution >= 4 is 0 Å². The van der Waals surface area contributed by atoms with Crippen molar-refractivity contribution in [2.75, 3.05) is 27.3 Å². The van der Waals surface area contributed by atoms with Gasteiger partial charge in [-0.25, -0.2) is 0 Å². The molecule has 0 N–H and O–H groups in total. The van der Waals surface area contributed by atoms with Crippen LogP contribution in [0.5, 0.6) is 11.5 Å². The third-order valence-corrected chi connectivity index (χ3v) is 3.02. The van der Waals surface area contributed by atoms with Crippen LogP contribution in [0, 0.1) is 17.2 Å². The van der Waals surface area contributed by atoms with E-state index in [-0.39, 0.29) is 0 Å². The monoisotopic (exact) mass is 276 g/mol. The average Bonchev–Trinajstić information content (AvgIpc) is 2.44. The van der Waals surface area contributed by atoms with Crippen molar-refractivity contribution in [2.45, 2.75) is 26.8 Å². The van der Waals surface area contributed by atoms with Crippen LogP contribution in [-0.2, 0) is 6.54 Å². The molecule has 0 radical (unpaired) electrons. The molecule has 0 saturated carbocycles. The Morgan fingerprint density at radius 3 is 2.45 bits per heavy atom. The normalized spacial score (nSPS) is 10.7. The molecule has 0 aliphatic heterocycles. The number of hydrogen-bond acceptors (Lipinski definition) is 4. The maximum Gasteiger partial charge on any atom is 0.161 e. The van der Waals surface area contributed by atoms with Crippen molar-refractivity contribution in [1.29, 1.82) is 5.26 Å². The number of ether oxygens (including phenoxy) is 2. The number of rotatable bonds is 8. The minimum atomic E-state index is 0.556. The molecule has 4 nitrogen and oxygen atoms in total. The highest BCUT2D eigenvalue weighted by atomic mass is 16.5. The van der Waals surface area contributed by atoms with Crippen molar-refractivity contribution in [2.24, 2.45) is 5.92 Å². The lowest BCUT2D eigenvalue weighted by molar-refractivity contribution is 0.240. The zero-order valence-corrected chi connectivity index (χ0v) is 12.8. The standard InChI is InChI=1S/C16H24N2O2/c1-13(2)11-18(9-5-8-17)12-14-6-7-15(19-3)16(10-14)20-4/h6-7,10,13H,5,9,11-12H2,1-4H3. The molecule has 0 unspecified atom stereocenters. The molecule has 0 saturated heterocycles. The molecule has 0 heterocycles. The summed E-state index contributed by atoms with van der Waals surface area (Å²) in [4.78, 5) is 2.30. The first-order chi connectivity index (χ1) is 9.60. The molecule has 0 aliphatic carbocycles. The summed E-state index contributed by atoms with van der Waals surface area (Å²) < 4.78 is 10.6. The number of benzene rings is 1. The Labute approximate surface area is 121 Å². The predicted molar refractivity (Wildman–Crippen MR) is 79.9 cm³/mol. The Morgan fingerprint density at radius 1 is 1.20 bits per heavy atom. The van der Waals surface area contributed by atoms with Gasteiger partial charge in [-0.2, -0.15) is 5.26 Å². The predicted octanol–water partition coefficient (Wildman–Crippen LogP) is 3.08. The lowest BCUT2D eigenvalue weighted by atomic mass is 10.1. The molecular weight excluding hydrogens is 252 g/mol. The highest BCUT2D eigenvalue weighted by Crippen LogP contribution is 2.28. The molecule has 110 valence electrons. The van der Waals surface area contributed by atoms with Gasteiger partial charge in [-0.3, -0.25) is 4.90 Å². The van der Waals surface area contributed by atoms with Crippen LogP contribution in [0.2, 0.25) is 0 Å². The summed E-state index contributed by atoms with van der Waals surface area (Å²) in [5.74, 6) is 2.06. The first kappa shape index (κ1) is 16.3. The van der Waals surface area contributed by atoms with Crippen molar-refractivity contribution in [3.05, 3.63) is 23.8 Å². The lowest BCUT2D eigenvalue weighted by Crippen LogP contribution is -2.28. The van der Waals surface area contributed by atoms with Gasteiger partial charge >= 0.3 is 0 Å². The molecule has 4 heteroatoms. The van der Waals surface area contributed by atoms with Gasteiger partial charge in [0.1, 0.15) is 0 Å². The van der Waals surface area contributed by atoms with E-state index in [0.29, 0.717) is 12.3 Å². The minimum absolute atomic E-state index is 0.556. The maximum atomic E-state index is 8.75. The Balaban J connectivity index is 2.79. The zero-order chi connectivity index (χ0) is 15.0. The van der Waals surface area contributed by atoms with Crippen LogP contribution in [0.4, 0.5) is 0 Å². The van der Waals surface area contributed by atoms with E-state index in [2.05, 4.69) is 24.8 Å². The van der Waals surface area contributed by atoms with Crippen molar-refractivity contribution in [3.8, 4) is 17.6 Å². The molecule has 0 aliphatic rings. The summed E-state index contributed by atoms with van der Waals surface area (Å²) in [5, 5.41) is 8.75. The van der Waals surface area contributed by atoms with Crippen LogP contribution >= 0.6 is 0 Å². The molecular formula is C16H24N2O2. The SMILES string of the molecule is COc1ccc(CN(CCC#N)CC(C)C)cc1OC. The van der Waals surface area contributed by atoms with Crippen LogP contribution in [0.3, 0.4) is 0 Å². The smallest absolute Gasteiger partial charge is 0.161 e. The van der Waals surface area contributed by atoms with Crippen LogP contribution in [-0.4, -0.2) is 32.2 Å². The third kappa shape index (κ3) is 5.10. The van der Waals surface area contributed by atoms with Gasteiger partial charge < -0.3 is 9.47 Å². The third-order valence-electron chi connectivity index (χ3n) is 3.02. The van der Waals surface area contributed by atoms with Gasteiger partial charge in [0.15, 0.2) is 11.5 Å². The molecule has 0 spiro atoms. The summed E-state index contributed by atoms with van der Waals surface area (Å²) in [6, 6.07) is 8.18. The minimum Gasteiger partial charge on any atom is -0.493 e. The lowest BCUT2D eigenvalue weighted by Gasteiger charge is -2.23. The van der Waals surface area contributed by atoms with Gasteiger partial charge in [0, 0.05) is 26.1 Å². The molecule has 20 heavy (non-hydrogen) atoms. The Hall–Kier alpha value is -1.73. The second kappa shape index (κ2) is 8.44. The van der Waals surface area contributed by atoms with Gasteiger partial charge in [-0.15, -0.1) is 0 Å². The summed E-state index contributed by atoms with van der Waals surface area (Å²) in [6.07, 6.45) is 0.556. The molecule has 0 aromatic heterocycles. The van der Waals surface area contributed by atoms with Gasteiger partial charge in [0.05, 0.1) is 20.3 Å². The van der Waals surface area contributed by atoms with Crippen LogP contribution in [0.1, 0.15) is 25.8 Å². The second-order valence-electron chi connectivity index (χ2n) is 5.23.